The van der Waals surface area contributed by atoms with Gasteiger partial charge in [0.15, 0.2) is 17.2 Å². The molecule has 0 bridgehead atoms. The van der Waals surface area contributed by atoms with E-state index in [-0.39, 0.29) is 17.4 Å². The summed E-state index contributed by atoms with van der Waals surface area (Å²) in [5, 5.41) is 2.31. The highest BCUT2D eigenvalue weighted by Crippen LogP contribution is 2.41. The fraction of sp³-hybridized carbons (Fsp3) is 0.238. The van der Waals surface area contributed by atoms with Gasteiger partial charge in [-0.2, -0.15) is 13.2 Å². The molecule has 34 heavy (non-hydrogen) atoms. The number of fused-ring (bicyclic) bond motifs is 1. The van der Waals surface area contributed by atoms with E-state index >= 15 is 0 Å². The van der Waals surface area contributed by atoms with E-state index in [0.717, 1.165) is 12.1 Å². The molecule has 1 aromatic heterocycles. The third kappa shape index (κ3) is 5.19. The summed E-state index contributed by atoms with van der Waals surface area (Å²) >= 11 is 0.528. The van der Waals surface area contributed by atoms with Crippen LogP contribution in [0.25, 0.3) is 10.6 Å². The number of aromatic nitrogens is 1. The largest absolute Gasteiger partial charge is 0.573 e. The van der Waals surface area contributed by atoms with Crippen molar-refractivity contribution in [2.24, 2.45) is 0 Å². The van der Waals surface area contributed by atoms with Crippen LogP contribution in [0.5, 0.6) is 17.2 Å². The first-order valence-electron chi connectivity index (χ1n) is 9.55. The van der Waals surface area contributed by atoms with E-state index in [4.69, 9.17) is 9.47 Å². The topological polar surface area (TPSA) is 69.7 Å². The Bertz CT molecular complexity index is 1220. The Morgan fingerprint density at radius 3 is 2.53 bits per heavy atom. The number of hydrogen-bond acceptors (Lipinski definition) is 6. The van der Waals surface area contributed by atoms with Gasteiger partial charge in [0.1, 0.15) is 15.6 Å². The lowest BCUT2D eigenvalue weighted by Crippen LogP contribution is -2.28. The van der Waals surface area contributed by atoms with Crippen molar-refractivity contribution in [3.05, 3.63) is 58.6 Å². The first-order chi connectivity index (χ1) is 15.9. The summed E-state index contributed by atoms with van der Waals surface area (Å²) in [5.41, 5.74) is -0.878. The first kappa shape index (κ1) is 23.7. The third-order valence-corrected chi connectivity index (χ3v) is 5.76. The molecule has 1 unspecified atom stereocenters. The molecule has 1 N–H and O–H groups in total. The molecule has 4 rings (SSSR count). The van der Waals surface area contributed by atoms with Gasteiger partial charge < -0.3 is 19.5 Å². The molecule has 1 aliphatic rings. The van der Waals surface area contributed by atoms with Gasteiger partial charge in [-0.1, -0.05) is 12.1 Å². The van der Waals surface area contributed by atoms with Crippen molar-refractivity contribution in [3.63, 3.8) is 0 Å². The first-order valence-corrected chi connectivity index (χ1v) is 10.4. The summed E-state index contributed by atoms with van der Waals surface area (Å²) in [5.74, 6) is -0.835. The second-order valence-electron chi connectivity index (χ2n) is 7.08. The van der Waals surface area contributed by atoms with Gasteiger partial charge >= 0.3 is 12.5 Å². The number of amides is 1. The van der Waals surface area contributed by atoms with Gasteiger partial charge in [-0.05, 0) is 42.8 Å². The Morgan fingerprint density at radius 2 is 1.82 bits per heavy atom. The molecule has 180 valence electrons. The van der Waals surface area contributed by atoms with Crippen LogP contribution in [0.3, 0.4) is 0 Å². The summed E-state index contributed by atoms with van der Waals surface area (Å²) in [6.07, 6.45) is -9.83. The number of halogens is 6. The molecular formula is C21H14F6N2O4S. The van der Waals surface area contributed by atoms with E-state index in [0.29, 0.717) is 28.4 Å². The van der Waals surface area contributed by atoms with E-state index < -0.39 is 40.8 Å². The van der Waals surface area contributed by atoms with E-state index in [9.17, 15) is 31.1 Å². The summed E-state index contributed by atoms with van der Waals surface area (Å²) in [6, 6.07) is 8.31. The fourth-order valence-electron chi connectivity index (χ4n) is 3.15. The van der Waals surface area contributed by atoms with Gasteiger partial charge in [0.2, 0.25) is 6.79 Å². The minimum absolute atomic E-state index is 0.0226. The van der Waals surface area contributed by atoms with Crippen molar-refractivity contribution >= 4 is 17.2 Å². The van der Waals surface area contributed by atoms with Crippen LogP contribution in [-0.2, 0) is 6.18 Å². The van der Waals surface area contributed by atoms with Crippen LogP contribution in [0.15, 0.2) is 42.5 Å². The lowest BCUT2D eigenvalue weighted by molar-refractivity contribution is -0.274. The highest BCUT2D eigenvalue weighted by molar-refractivity contribution is 7.17. The highest BCUT2D eigenvalue weighted by atomic mass is 32.1. The number of carbonyl (C=O) groups is 1. The Hall–Kier alpha value is -3.48. The maximum Gasteiger partial charge on any atom is 0.573 e. The number of nitrogens with one attached hydrogen (secondary N) is 1. The monoisotopic (exact) mass is 504 g/mol. The molecule has 2 heterocycles. The Labute approximate surface area is 192 Å². The van der Waals surface area contributed by atoms with Gasteiger partial charge in [-0.3, -0.25) is 4.79 Å². The van der Waals surface area contributed by atoms with E-state index in [1.807, 2.05) is 0 Å². The molecule has 0 saturated carbocycles. The third-order valence-electron chi connectivity index (χ3n) is 4.66. The quantitative estimate of drug-likeness (QED) is 0.435. The fourth-order valence-corrected chi connectivity index (χ4v) is 4.13. The van der Waals surface area contributed by atoms with Gasteiger partial charge in [-0.25, -0.2) is 4.98 Å². The van der Waals surface area contributed by atoms with E-state index in [2.05, 4.69) is 15.0 Å². The number of nitrogens with zero attached hydrogens (tertiary/aromatic N) is 1. The number of thiazole rings is 1. The molecular weight excluding hydrogens is 490 g/mol. The number of carbonyl (C=O) groups excluding carboxylic acids is 1. The van der Waals surface area contributed by atoms with Crippen LogP contribution < -0.4 is 19.5 Å². The molecule has 13 heteroatoms. The standard InChI is InChI=1S/C21H14F6N2O4S/c1-10(11-3-2-4-13(7-11)33-21(25,26)27)28-18(30)16-17(20(22,23)24)29-19(34-16)12-5-6-14-15(8-12)32-9-31-14/h2-8,10H,9H2,1H3,(H,28,30). The summed E-state index contributed by atoms with van der Waals surface area (Å²) in [7, 11) is 0. The smallest absolute Gasteiger partial charge is 0.454 e. The molecule has 1 amide bonds. The van der Waals surface area contributed by atoms with Crippen LogP contribution in [0.2, 0.25) is 0 Å². The van der Waals surface area contributed by atoms with Crippen molar-refractivity contribution in [2.45, 2.75) is 25.5 Å². The van der Waals surface area contributed by atoms with Crippen LogP contribution in [0, 0.1) is 0 Å². The second kappa shape index (κ2) is 8.70. The Morgan fingerprint density at radius 1 is 1.09 bits per heavy atom. The van der Waals surface area contributed by atoms with Crippen LogP contribution >= 0.6 is 11.3 Å². The number of alkyl halides is 6. The van der Waals surface area contributed by atoms with Gasteiger partial charge in [0.05, 0.1) is 6.04 Å². The molecule has 0 saturated heterocycles. The molecule has 0 fully saturated rings. The zero-order valence-corrected chi connectivity index (χ0v) is 17.9. The molecule has 0 spiro atoms. The summed E-state index contributed by atoms with van der Waals surface area (Å²) in [6.45, 7) is 1.39. The number of benzene rings is 2. The number of rotatable bonds is 5. The zero-order valence-electron chi connectivity index (χ0n) is 17.1. The molecule has 3 aromatic rings. The predicted octanol–water partition coefficient (Wildman–Crippen LogP) is 5.95. The highest BCUT2D eigenvalue weighted by Gasteiger charge is 2.40. The van der Waals surface area contributed by atoms with Crippen molar-refractivity contribution in [1.29, 1.82) is 0 Å². The Balaban J connectivity index is 1.60. The van der Waals surface area contributed by atoms with E-state index in [1.165, 1.54) is 37.3 Å². The van der Waals surface area contributed by atoms with Gasteiger partial charge in [-0.15, -0.1) is 24.5 Å². The normalized spacial score (nSPS) is 14.1. The molecule has 1 aliphatic heterocycles. The minimum atomic E-state index is -4.92. The van der Waals surface area contributed by atoms with Crippen molar-refractivity contribution in [1.82, 2.24) is 10.3 Å². The molecule has 0 radical (unpaired) electrons. The van der Waals surface area contributed by atoms with Gasteiger partial charge in [0, 0.05) is 5.56 Å². The van der Waals surface area contributed by atoms with Gasteiger partial charge in [0.25, 0.3) is 5.91 Å². The maximum atomic E-state index is 13.6. The SMILES string of the molecule is CC(NC(=O)c1sc(-c2ccc3c(c2)OCO3)nc1C(F)(F)F)c1cccc(OC(F)(F)F)c1. The molecule has 2 aromatic carbocycles. The Kier molecular flexibility index (Phi) is 6.06. The number of hydrogen-bond donors (Lipinski definition) is 1. The number of ether oxygens (including phenoxy) is 3. The molecule has 1 atom stereocenters. The summed E-state index contributed by atoms with van der Waals surface area (Å²) < 4.78 is 92.5. The lowest BCUT2D eigenvalue weighted by atomic mass is 10.1. The zero-order chi connectivity index (χ0) is 24.7. The average molecular weight is 504 g/mol. The minimum Gasteiger partial charge on any atom is -0.454 e. The summed E-state index contributed by atoms with van der Waals surface area (Å²) in [4.78, 5) is 15.7. The average Bonchev–Trinajstić information content (AvgIpc) is 3.39. The lowest BCUT2D eigenvalue weighted by Gasteiger charge is -2.16. The van der Waals surface area contributed by atoms with Crippen molar-refractivity contribution < 1.29 is 45.3 Å². The van der Waals surface area contributed by atoms with Crippen molar-refractivity contribution in [3.8, 4) is 27.8 Å². The molecule has 0 aliphatic carbocycles. The predicted molar refractivity (Wildman–Crippen MR) is 108 cm³/mol. The van der Waals surface area contributed by atoms with E-state index in [1.54, 1.807) is 0 Å². The van der Waals surface area contributed by atoms with Crippen LogP contribution in [0.1, 0.15) is 33.9 Å². The maximum absolute atomic E-state index is 13.6. The van der Waals surface area contributed by atoms with Crippen LogP contribution in [0.4, 0.5) is 26.3 Å². The van der Waals surface area contributed by atoms with Crippen LogP contribution in [-0.4, -0.2) is 24.0 Å². The molecule has 6 nitrogen and oxygen atoms in total. The van der Waals surface area contributed by atoms with Crippen molar-refractivity contribution in [2.75, 3.05) is 6.79 Å². The second-order valence-corrected chi connectivity index (χ2v) is 8.08.